The molecule has 2 aromatic carbocycles. The third kappa shape index (κ3) is 3.94. The lowest BCUT2D eigenvalue weighted by molar-refractivity contribution is 0.0953. The first kappa shape index (κ1) is 17.3. The molecule has 0 radical (unpaired) electrons. The Bertz CT molecular complexity index is 935. The van der Waals surface area contributed by atoms with E-state index >= 15 is 0 Å². The van der Waals surface area contributed by atoms with Gasteiger partial charge in [-0.05, 0) is 36.8 Å². The smallest absolute Gasteiger partial charge is 0.251 e. The Balaban J connectivity index is 1.60. The summed E-state index contributed by atoms with van der Waals surface area (Å²) >= 11 is 0. The Morgan fingerprint density at radius 2 is 1.88 bits per heavy atom. The van der Waals surface area contributed by atoms with Crippen molar-refractivity contribution in [2.75, 3.05) is 6.54 Å². The summed E-state index contributed by atoms with van der Waals surface area (Å²) in [6.45, 7) is 2.12. The molecule has 1 aromatic heterocycles. The van der Waals surface area contributed by atoms with Crippen molar-refractivity contribution in [1.82, 2.24) is 15.5 Å². The zero-order valence-corrected chi connectivity index (χ0v) is 14.2. The summed E-state index contributed by atoms with van der Waals surface area (Å²) in [4.78, 5) is 23.6. The van der Waals surface area contributed by atoms with E-state index in [1.54, 1.807) is 19.1 Å². The first-order valence-corrected chi connectivity index (χ1v) is 8.11. The number of nitrogens with two attached hydrogens (primary N) is 1. The number of carbonyl (C=O) groups excluding carboxylic acids is 2. The summed E-state index contributed by atoms with van der Waals surface area (Å²) < 4.78 is 5.60. The molecule has 0 aliphatic rings. The van der Waals surface area contributed by atoms with Gasteiger partial charge in [0.05, 0.1) is 0 Å². The zero-order valence-electron chi connectivity index (χ0n) is 14.2. The van der Waals surface area contributed by atoms with Gasteiger partial charge in [0.25, 0.3) is 5.91 Å². The molecular formula is C19H18N4O3. The second kappa shape index (κ2) is 7.60. The molecule has 7 heteroatoms. The van der Waals surface area contributed by atoms with E-state index in [1.165, 1.54) is 6.07 Å². The summed E-state index contributed by atoms with van der Waals surface area (Å²) in [5.74, 6) is 0.0236. The number of aryl methyl sites for hydroxylation is 1. The van der Waals surface area contributed by atoms with Crippen LogP contribution in [0, 0.1) is 6.92 Å². The minimum Gasteiger partial charge on any atom is -0.421 e. The van der Waals surface area contributed by atoms with Crippen LogP contribution in [0.2, 0.25) is 0 Å². The highest BCUT2D eigenvalue weighted by Gasteiger charge is 2.13. The van der Waals surface area contributed by atoms with E-state index in [0.717, 1.165) is 11.1 Å². The molecule has 0 saturated heterocycles. The van der Waals surface area contributed by atoms with Crippen LogP contribution in [0.1, 0.15) is 32.2 Å². The van der Waals surface area contributed by atoms with Crippen LogP contribution in [0.3, 0.4) is 0 Å². The molecule has 1 heterocycles. The molecule has 132 valence electrons. The van der Waals surface area contributed by atoms with Crippen LogP contribution in [0.5, 0.6) is 0 Å². The topological polar surface area (TPSA) is 111 Å². The molecule has 2 amide bonds. The fourth-order valence-electron chi connectivity index (χ4n) is 2.45. The van der Waals surface area contributed by atoms with Crippen molar-refractivity contribution in [2.24, 2.45) is 5.73 Å². The Morgan fingerprint density at radius 3 is 2.62 bits per heavy atom. The molecule has 3 rings (SSSR count). The van der Waals surface area contributed by atoms with Crippen molar-refractivity contribution < 1.29 is 14.0 Å². The number of nitrogens with zero attached hydrogens (tertiary/aromatic N) is 2. The minimum absolute atomic E-state index is 0.284. The highest BCUT2D eigenvalue weighted by atomic mass is 16.4. The molecule has 0 fully saturated rings. The van der Waals surface area contributed by atoms with Crippen molar-refractivity contribution in [2.45, 2.75) is 13.3 Å². The van der Waals surface area contributed by atoms with Gasteiger partial charge in [0.1, 0.15) is 0 Å². The number of aromatic nitrogens is 2. The Morgan fingerprint density at radius 1 is 1.12 bits per heavy atom. The monoisotopic (exact) mass is 350 g/mol. The molecule has 0 unspecified atom stereocenters. The Labute approximate surface area is 150 Å². The average molecular weight is 350 g/mol. The van der Waals surface area contributed by atoms with Crippen LogP contribution in [-0.4, -0.2) is 28.6 Å². The van der Waals surface area contributed by atoms with Crippen LogP contribution in [0.15, 0.2) is 52.9 Å². The van der Waals surface area contributed by atoms with Crippen LogP contribution in [-0.2, 0) is 6.42 Å². The number of amides is 2. The van der Waals surface area contributed by atoms with Gasteiger partial charge >= 0.3 is 0 Å². The summed E-state index contributed by atoms with van der Waals surface area (Å²) in [5.41, 5.74) is 7.57. The van der Waals surface area contributed by atoms with Gasteiger partial charge in [0.15, 0.2) is 0 Å². The van der Waals surface area contributed by atoms with E-state index in [0.29, 0.717) is 35.9 Å². The largest absolute Gasteiger partial charge is 0.421 e. The quantitative estimate of drug-likeness (QED) is 0.707. The molecule has 0 spiro atoms. The lowest BCUT2D eigenvalue weighted by atomic mass is 10.0. The summed E-state index contributed by atoms with van der Waals surface area (Å²) in [6.07, 6.45) is 0.403. The van der Waals surface area contributed by atoms with Crippen LogP contribution < -0.4 is 11.1 Å². The van der Waals surface area contributed by atoms with E-state index in [4.69, 9.17) is 10.2 Å². The standard InChI is InChI=1S/C19H18N4O3/c1-12-7-8-14(17(20)24)11-15(12)18(25)21-10-9-16-22-23-19(26-16)13-5-3-2-4-6-13/h2-8,11H,9-10H2,1H3,(H2,20,24)(H,21,25). The van der Waals surface area contributed by atoms with Gasteiger partial charge < -0.3 is 15.5 Å². The molecule has 26 heavy (non-hydrogen) atoms. The van der Waals surface area contributed by atoms with Crippen molar-refractivity contribution in [3.05, 3.63) is 71.1 Å². The number of carbonyl (C=O) groups is 2. The Kier molecular flexibility index (Phi) is 5.07. The van der Waals surface area contributed by atoms with Gasteiger partial charge in [0.2, 0.25) is 17.7 Å². The number of benzene rings is 2. The normalized spacial score (nSPS) is 10.5. The van der Waals surface area contributed by atoms with Crippen LogP contribution in [0.4, 0.5) is 0 Å². The molecule has 0 saturated carbocycles. The fraction of sp³-hybridized carbons (Fsp3) is 0.158. The number of rotatable bonds is 6. The maximum absolute atomic E-state index is 12.3. The SMILES string of the molecule is Cc1ccc(C(N)=O)cc1C(=O)NCCc1nnc(-c2ccccc2)o1. The summed E-state index contributed by atoms with van der Waals surface area (Å²) in [5, 5.41) is 10.8. The summed E-state index contributed by atoms with van der Waals surface area (Å²) in [7, 11) is 0. The molecular weight excluding hydrogens is 332 g/mol. The van der Waals surface area contributed by atoms with Gasteiger partial charge in [-0.15, -0.1) is 10.2 Å². The molecule has 3 aromatic rings. The molecule has 7 nitrogen and oxygen atoms in total. The third-order valence-corrected chi connectivity index (χ3v) is 3.88. The second-order valence-electron chi connectivity index (χ2n) is 5.77. The van der Waals surface area contributed by atoms with Gasteiger partial charge in [-0.3, -0.25) is 9.59 Å². The van der Waals surface area contributed by atoms with E-state index in [1.807, 2.05) is 30.3 Å². The van der Waals surface area contributed by atoms with Crippen molar-refractivity contribution in [1.29, 1.82) is 0 Å². The second-order valence-corrected chi connectivity index (χ2v) is 5.77. The average Bonchev–Trinajstić information content (AvgIpc) is 3.11. The lowest BCUT2D eigenvalue weighted by Crippen LogP contribution is -2.27. The third-order valence-electron chi connectivity index (χ3n) is 3.88. The van der Waals surface area contributed by atoms with E-state index in [-0.39, 0.29) is 5.91 Å². The van der Waals surface area contributed by atoms with Crippen LogP contribution >= 0.6 is 0 Å². The van der Waals surface area contributed by atoms with Gasteiger partial charge in [-0.2, -0.15) is 0 Å². The molecule has 0 aliphatic carbocycles. The highest BCUT2D eigenvalue weighted by molar-refractivity contribution is 6.00. The highest BCUT2D eigenvalue weighted by Crippen LogP contribution is 2.17. The predicted molar refractivity (Wildman–Crippen MR) is 95.5 cm³/mol. The lowest BCUT2D eigenvalue weighted by Gasteiger charge is -2.08. The van der Waals surface area contributed by atoms with Gasteiger partial charge in [-0.1, -0.05) is 24.3 Å². The van der Waals surface area contributed by atoms with E-state index in [2.05, 4.69) is 15.5 Å². The van der Waals surface area contributed by atoms with Crippen LogP contribution in [0.25, 0.3) is 11.5 Å². The van der Waals surface area contributed by atoms with Crippen molar-refractivity contribution in [3.63, 3.8) is 0 Å². The first-order valence-electron chi connectivity index (χ1n) is 8.11. The fourth-order valence-corrected chi connectivity index (χ4v) is 2.45. The predicted octanol–water partition coefficient (Wildman–Crippen LogP) is 2.12. The maximum Gasteiger partial charge on any atom is 0.251 e. The number of hydrogen-bond acceptors (Lipinski definition) is 5. The van der Waals surface area contributed by atoms with E-state index < -0.39 is 5.91 Å². The summed E-state index contributed by atoms with van der Waals surface area (Å²) in [6, 6.07) is 14.2. The van der Waals surface area contributed by atoms with Gasteiger partial charge in [0, 0.05) is 29.7 Å². The van der Waals surface area contributed by atoms with E-state index in [9.17, 15) is 9.59 Å². The molecule has 0 aliphatic heterocycles. The maximum atomic E-state index is 12.3. The minimum atomic E-state index is -0.571. The number of hydrogen-bond donors (Lipinski definition) is 2. The zero-order chi connectivity index (χ0) is 18.5. The first-order chi connectivity index (χ1) is 12.5. The molecule has 0 bridgehead atoms. The molecule has 0 atom stereocenters. The van der Waals surface area contributed by atoms with Crippen molar-refractivity contribution >= 4 is 11.8 Å². The number of primary amides is 1. The van der Waals surface area contributed by atoms with Crippen molar-refractivity contribution in [3.8, 4) is 11.5 Å². The molecule has 3 N–H and O–H groups in total. The Hall–Kier alpha value is -3.48. The number of nitrogens with one attached hydrogen (secondary N) is 1. The van der Waals surface area contributed by atoms with Gasteiger partial charge in [-0.25, -0.2) is 0 Å².